The van der Waals surface area contributed by atoms with Crippen molar-refractivity contribution in [3.8, 4) is 0 Å². The van der Waals surface area contributed by atoms with Crippen LogP contribution in [0.3, 0.4) is 0 Å². The summed E-state index contributed by atoms with van der Waals surface area (Å²) in [5.41, 5.74) is 8.55. The molecular formula is C22H28BrN7O. The van der Waals surface area contributed by atoms with Crippen LogP contribution in [0.1, 0.15) is 51.2 Å². The highest BCUT2D eigenvalue weighted by Crippen LogP contribution is 2.31. The molecule has 3 heterocycles. The number of hydrogen-bond donors (Lipinski definition) is 3. The molecule has 1 unspecified atom stereocenters. The molecular weight excluding hydrogens is 458 g/mol. The fourth-order valence-electron chi connectivity index (χ4n) is 4.34. The molecule has 1 aliphatic heterocycles. The van der Waals surface area contributed by atoms with Crippen LogP contribution in [-0.4, -0.2) is 38.2 Å². The molecule has 9 heteroatoms. The van der Waals surface area contributed by atoms with Crippen LogP contribution in [0.4, 0.5) is 17.5 Å². The predicted octanol–water partition coefficient (Wildman–Crippen LogP) is 4.71. The summed E-state index contributed by atoms with van der Waals surface area (Å²) in [5, 5.41) is 6.97. The molecule has 1 atom stereocenters. The van der Waals surface area contributed by atoms with Gasteiger partial charge in [0.05, 0.1) is 6.33 Å². The van der Waals surface area contributed by atoms with Gasteiger partial charge in [0, 0.05) is 28.9 Å². The van der Waals surface area contributed by atoms with E-state index in [1.807, 2.05) is 35.2 Å². The molecule has 31 heavy (non-hydrogen) atoms. The standard InChI is InChI=1S/C22H28BrN7O/c23-14-4-8-16(9-5-14)26-20-19-21(30(13-25-19)18-3-1-2-12-31-18)29-22(28-20)27-17-10-6-15(24)7-11-17/h4-5,8-9,13,15,17-18H,1-3,6-7,10-12,24H2,(H2,26,27,28,29). The maximum atomic E-state index is 6.08. The molecule has 4 N–H and O–H groups in total. The Labute approximate surface area is 190 Å². The Balaban J connectivity index is 1.50. The van der Waals surface area contributed by atoms with Crippen molar-refractivity contribution in [1.82, 2.24) is 19.5 Å². The molecule has 5 rings (SSSR count). The van der Waals surface area contributed by atoms with Crippen LogP contribution in [0.15, 0.2) is 35.1 Å². The highest BCUT2D eigenvalue weighted by Gasteiger charge is 2.23. The number of anilines is 3. The third-order valence-electron chi connectivity index (χ3n) is 6.10. The summed E-state index contributed by atoms with van der Waals surface area (Å²) in [7, 11) is 0. The van der Waals surface area contributed by atoms with Crippen molar-refractivity contribution in [2.45, 2.75) is 63.3 Å². The van der Waals surface area contributed by atoms with E-state index in [1.165, 1.54) is 0 Å². The van der Waals surface area contributed by atoms with Crippen molar-refractivity contribution >= 4 is 44.5 Å². The van der Waals surface area contributed by atoms with E-state index in [4.69, 9.17) is 20.4 Å². The smallest absolute Gasteiger partial charge is 0.227 e. The highest BCUT2D eigenvalue weighted by molar-refractivity contribution is 9.10. The summed E-state index contributed by atoms with van der Waals surface area (Å²) >= 11 is 3.49. The Kier molecular flexibility index (Phi) is 6.06. The second-order valence-electron chi connectivity index (χ2n) is 8.43. The number of fused-ring (bicyclic) bond motifs is 1. The zero-order valence-electron chi connectivity index (χ0n) is 17.4. The fourth-order valence-corrected chi connectivity index (χ4v) is 4.60. The summed E-state index contributed by atoms with van der Waals surface area (Å²) in [6.45, 7) is 0.771. The molecule has 164 valence electrons. The summed E-state index contributed by atoms with van der Waals surface area (Å²) in [6.07, 6.45) is 9.12. The minimum absolute atomic E-state index is 0.0327. The van der Waals surface area contributed by atoms with E-state index < -0.39 is 0 Å². The van der Waals surface area contributed by atoms with Crippen molar-refractivity contribution in [1.29, 1.82) is 0 Å². The van der Waals surface area contributed by atoms with Gasteiger partial charge in [-0.2, -0.15) is 9.97 Å². The SMILES string of the molecule is NC1CCC(Nc2nc(Nc3ccc(Br)cc3)c3ncn(C4CCCCO4)c3n2)CC1. The lowest BCUT2D eigenvalue weighted by Crippen LogP contribution is -2.33. The lowest BCUT2D eigenvalue weighted by atomic mass is 9.92. The van der Waals surface area contributed by atoms with E-state index in [0.29, 0.717) is 23.8 Å². The Hall–Kier alpha value is -2.23. The minimum Gasteiger partial charge on any atom is -0.358 e. The third kappa shape index (κ3) is 4.68. The van der Waals surface area contributed by atoms with Gasteiger partial charge in [0.2, 0.25) is 5.95 Å². The fraction of sp³-hybridized carbons (Fsp3) is 0.500. The number of aromatic nitrogens is 4. The largest absolute Gasteiger partial charge is 0.358 e. The molecule has 0 radical (unpaired) electrons. The van der Waals surface area contributed by atoms with E-state index in [9.17, 15) is 0 Å². The van der Waals surface area contributed by atoms with Crippen molar-refractivity contribution in [2.75, 3.05) is 17.2 Å². The number of benzene rings is 1. The molecule has 2 fully saturated rings. The van der Waals surface area contributed by atoms with Gasteiger partial charge in [0.15, 0.2) is 17.0 Å². The van der Waals surface area contributed by atoms with Gasteiger partial charge in [-0.1, -0.05) is 15.9 Å². The lowest BCUT2D eigenvalue weighted by Gasteiger charge is -2.27. The summed E-state index contributed by atoms with van der Waals surface area (Å²) in [5.74, 6) is 1.31. The molecule has 1 aliphatic carbocycles. The van der Waals surface area contributed by atoms with Crippen molar-refractivity contribution in [3.05, 3.63) is 35.1 Å². The molecule has 0 spiro atoms. The number of nitrogens with zero attached hydrogens (tertiary/aromatic N) is 4. The summed E-state index contributed by atoms with van der Waals surface area (Å²) in [6, 6.07) is 8.66. The van der Waals surface area contributed by atoms with Gasteiger partial charge < -0.3 is 21.1 Å². The van der Waals surface area contributed by atoms with Crippen molar-refractivity contribution in [2.24, 2.45) is 5.73 Å². The first kappa shape index (κ1) is 20.7. The van der Waals surface area contributed by atoms with Gasteiger partial charge in [-0.15, -0.1) is 0 Å². The van der Waals surface area contributed by atoms with Crippen LogP contribution in [0, 0.1) is 0 Å². The molecule has 2 aromatic heterocycles. The maximum absolute atomic E-state index is 6.08. The van der Waals surface area contributed by atoms with E-state index in [2.05, 4.69) is 31.5 Å². The van der Waals surface area contributed by atoms with Gasteiger partial charge in [0.1, 0.15) is 6.23 Å². The first-order chi connectivity index (χ1) is 15.2. The van der Waals surface area contributed by atoms with Crippen LogP contribution in [0.5, 0.6) is 0 Å². The van der Waals surface area contributed by atoms with Crippen LogP contribution < -0.4 is 16.4 Å². The number of imidazole rings is 1. The predicted molar refractivity (Wildman–Crippen MR) is 125 cm³/mol. The topological polar surface area (TPSA) is 103 Å². The van der Waals surface area contributed by atoms with E-state index >= 15 is 0 Å². The van der Waals surface area contributed by atoms with Crippen molar-refractivity contribution < 1.29 is 4.74 Å². The number of nitrogens with one attached hydrogen (secondary N) is 2. The average molecular weight is 486 g/mol. The second-order valence-corrected chi connectivity index (χ2v) is 9.34. The third-order valence-corrected chi connectivity index (χ3v) is 6.63. The van der Waals surface area contributed by atoms with Gasteiger partial charge in [0.25, 0.3) is 0 Å². The van der Waals surface area contributed by atoms with Crippen LogP contribution in [0.25, 0.3) is 11.2 Å². The van der Waals surface area contributed by atoms with E-state index in [-0.39, 0.29) is 6.23 Å². The molecule has 1 saturated heterocycles. The number of nitrogens with two attached hydrogens (primary N) is 1. The zero-order valence-corrected chi connectivity index (χ0v) is 19.0. The van der Waals surface area contributed by atoms with Crippen LogP contribution in [-0.2, 0) is 4.74 Å². The number of rotatable bonds is 5. The number of hydrogen-bond acceptors (Lipinski definition) is 7. The number of ether oxygens (including phenoxy) is 1. The normalized spacial score (nSPS) is 24.3. The first-order valence-corrected chi connectivity index (χ1v) is 11.9. The van der Waals surface area contributed by atoms with Gasteiger partial charge in [-0.25, -0.2) is 4.98 Å². The Morgan fingerprint density at radius 2 is 1.84 bits per heavy atom. The Morgan fingerprint density at radius 3 is 2.58 bits per heavy atom. The Bertz CT molecular complexity index is 1020. The highest BCUT2D eigenvalue weighted by atomic mass is 79.9. The maximum Gasteiger partial charge on any atom is 0.227 e. The van der Waals surface area contributed by atoms with Crippen molar-refractivity contribution in [3.63, 3.8) is 0 Å². The van der Waals surface area contributed by atoms with Crippen LogP contribution >= 0.6 is 15.9 Å². The summed E-state index contributed by atoms with van der Waals surface area (Å²) < 4.78 is 9.08. The molecule has 0 bridgehead atoms. The van der Waals surface area contributed by atoms with Gasteiger partial charge >= 0.3 is 0 Å². The van der Waals surface area contributed by atoms with Gasteiger partial charge in [-0.05, 0) is 69.2 Å². The summed E-state index contributed by atoms with van der Waals surface area (Å²) in [4.78, 5) is 14.3. The minimum atomic E-state index is -0.0327. The van der Waals surface area contributed by atoms with Gasteiger partial charge in [-0.3, -0.25) is 4.57 Å². The molecule has 1 saturated carbocycles. The second kappa shape index (κ2) is 9.10. The lowest BCUT2D eigenvalue weighted by molar-refractivity contribution is -0.0298. The molecule has 3 aromatic rings. The van der Waals surface area contributed by atoms with E-state index in [0.717, 1.165) is 72.9 Å². The average Bonchev–Trinajstić information content (AvgIpc) is 3.22. The zero-order chi connectivity index (χ0) is 21.2. The Morgan fingerprint density at radius 1 is 1.03 bits per heavy atom. The van der Waals surface area contributed by atoms with E-state index in [1.54, 1.807) is 0 Å². The first-order valence-electron chi connectivity index (χ1n) is 11.1. The quantitative estimate of drug-likeness (QED) is 0.480. The number of halogens is 1. The molecule has 8 nitrogen and oxygen atoms in total. The monoisotopic (exact) mass is 485 g/mol. The van der Waals surface area contributed by atoms with Crippen LogP contribution in [0.2, 0.25) is 0 Å². The molecule has 2 aliphatic rings. The molecule has 1 aromatic carbocycles. The molecule has 0 amide bonds.